The molecule has 4 heterocycles. The first-order valence-corrected chi connectivity index (χ1v) is 6.94. The second-order valence-electron chi connectivity index (χ2n) is 5.19. The molecule has 0 aromatic carbocycles. The van der Waals surface area contributed by atoms with Gasteiger partial charge in [0.2, 0.25) is 5.95 Å². The fourth-order valence-corrected chi connectivity index (χ4v) is 2.65. The summed E-state index contributed by atoms with van der Waals surface area (Å²) < 4.78 is 1.60. The van der Waals surface area contributed by atoms with Crippen molar-refractivity contribution in [3.63, 3.8) is 0 Å². The smallest absolute Gasteiger partial charge is 0.225 e. The molecule has 7 heteroatoms. The summed E-state index contributed by atoms with van der Waals surface area (Å²) in [5.74, 6) is 0.726. The zero-order valence-electron chi connectivity index (χ0n) is 11.4. The highest BCUT2D eigenvalue weighted by Crippen LogP contribution is 2.24. The molecule has 4 rings (SSSR count). The number of nitrogens with zero attached hydrogens (tertiary/aromatic N) is 6. The van der Waals surface area contributed by atoms with Gasteiger partial charge in [0.15, 0.2) is 0 Å². The number of fused-ring (bicyclic) bond motifs is 1. The summed E-state index contributed by atoms with van der Waals surface area (Å²) in [4.78, 5) is 11.1. The Bertz CT molecular complexity index is 782. The van der Waals surface area contributed by atoms with E-state index < -0.39 is 0 Å². The maximum Gasteiger partial charge on any atom is 0.225 e. The maximum atomic E-state index is 5.95. The molecular weight excluding hydrogens is 266 g/mol. The Kier molecular flexibility index (Phi) is 2.78. The van der Waals surface area contributed by atoms with E-state index in [0.717, 1.165) is 42.2 Å². The summed E-state index contributed by atoms with van der Waals surface area (Å²) in [6.45, 7) is 1.71. The van der Waals surface area contributed by atoms with Gasteiger partial charge in [-0.05, 0) is 24.6 Å². The monoisotopic (exact) mass is 281 g/mol. The van der Waals surface area contributed by atoms with Gasteiger partial charge in [-0.25, -0.2) is 9.97 Å². The summed E-state index contributed by atoms with van der Waals surface area (Å²) in [5, 5.41) is 8.42. The van der Waals surface area contributed by atoms with Gasteiger partial charge in [0.1, 0.15) is 0 Å². The maximum absolute atomic E-state index is 5.95. The molecule has 0 aliphatic carbocycles. The van der Waals surface area contributed by atoms with Crippen LogP contribution >= 0.6 is 0 Å². The molecule has 0 spiro atoms. The fourth-order valence-electron chi connectivity index (χ4n) is 2.65. The van der Waals surface area contributed by atoms with E-state index >= 15 is 0 Å². The third kappa shape index (κ3) is 2.11. The van der Waals surface area contributed by atoms with Crippen LogP contribution in [0.1, 0.15) is 6.42 Å². The van der Waals surface area contributed by atoms with E-state index in [4.69, 9.17) is 5.73 Å². The molecule has 1 aliphatic heterocycles. The highest BCUT2D eigenvalue weighted by atomic mass is 15.4. The van der Waals surface area contributed by atoms with Crippen LogP contribution in [0.3, 0.4) is 0 Å². The minimum Gasteiger partial charge on any atom is -0.339 e. The van der Waals surface area contributed by atoms with Crippen molar-refractivity contribution in [2.45, 2.75) is 12.5 Å². The zero-order valence-corrected chi connectivity index (χ0v) is 11.4. The lowest BCUT2D eigenvalue weighted by atomic mass is 10.2. The number of rotatable bonds is 2. The van der Waals surface area contributed by atoms with Crippen LogP contribution in [0.2, 0.25) is 0 Å². The SMILES string of the molecule is N[C@@H]1CCN(c2nccc(-c3cnn4ncccc34)n2)C1. The standard InChI is InChI=1S/C14H15N7/c15-10-4-7-20(9-10)14-16-6-3-12(19-14)11-8-18-21-13(11)2-1-5-17-21/h1-3,5-6,8,10H,4,7,9,15H2/t10-/m1/s1. The molecule has 0 bridgehead atoms. The van der Waals surface area contributed by atoms with Crippen molar-refractivity contribution in [1.29, 1.82) is 0 Å². The summed E-state index contributed by atoms with van der Waals surface area (Å²) in [7, 11) is 0. The molecule has 7 nitrogen and oxygen atoms in total. The Hall–Kier alpha value is -2.54. The molecule has 3 aromatic heterocycles. The molecule has 1 fully saturated rings. The van der Waals surface area contributed by atoms with Gasteiger partial charge in [0.05, 0.1) is 17.4 Å². The average Bonchev–Trinajstić information content (AvgIpc) is 3.13. The lowest BCUT2D eigenvalue weighted by Gasteiger charge is -2.15. The van der Waals surface area contributed by atoms with Crippen molar-refractivity contribution in [3.05, 3.63) is 36.8 Å². The zero-order chi connectivity index (χ0) is 14.2. The van der Waals surface area contributed by atoms with Gasteiger partial charge in [-0.1, -0.05) is 0 Å². The van der Waals surface area contributed by atoms with E-state index in [-0.39, 0.29) is 6.04 Å². The Labute approximate surface area is 121 Å². The van der Waals surface area contributed by atoms with E-state index in [0.29, 0.717) is 0 Å². The molecule has 1 aliphatic rings. The molecule has 1 saturated heterocycles. The first kappa shape index (κ1) is 12.2. The summed E-state index contributed by atoms with van der Waals surface area (Å²) >= 11 is 0. The first-order valence-electron chi connectivity index (χ1n) is 6.94. The number of nitrogens with two attached hydrogens (primary N) is 1. The second-order valence-corrected chi connectivity index (χ2v) is 5.19. The van der Waals surface area contributed by atoms with E-state index in [9.17, 15) is 0 Å². The predicted molar refractivity (Wildman–Crippen MR) is 78.8 cm³/mol. The van der Waals surface area contributed by atoms with Crippen molar-refractivity contribution in [1.82, 2.24) is 24.8 Å². The third-order valence-electron chi connectivity index (χ3n) is 3.73. The molecule has 2 N–H and O–H groups in total. The quantitative estimate of drug-likeness (QED) is 0.745. The number of hydrogen-bond donors (Lipinski definition) is 1. The van der Waals surface area contributed by atoms with Crippen LogP contribution in [0.25, 0.3) is 16.8 Å². The molecule has 0 amide bonds. The van der Waals surface area contributed by atoms with Crippen molar-refractivity contribution in [3.8, 4) is 11.3 Å². The van der Waals surface area contributed by atoms with Gasteiger partial charge in [-0.15, -0.1) is 0 Å². The van der Waals surface area contributed by atoms with Gasteiger partial charge in [0, 0.05) is 37.1 Å². The predicted octanol–water partition coefficient (Wildman–Crippen LogP) is 0.724. The normalized spacial score (nSPS) is 18.5. The van der Waals surface area contributed by atoms with Crippen LogP contribution in [0, 0.1) is 0 Å². The molecule has 0 saturated carbocycles. The number of aromatic nitrogens is 5. The van der Waals surface area contributed by atoms with E-state index in [1.54, 1.807) is 23.2 Å². The van der Waals surface area contributed by atoms with Crippen LogP contribution in [0.5, 0.6) is 0 Å². The minimum absolute atomic E-state index is 0.207. The van der Waals surface area contributed by atoms with Gasteiger partial charge >= 0.3 is 0 Å². The molecule has 1 atom stereocenters. The molecule has 21 heavy (non-hydrogen) atoms. The van der Waals surface area contributed by atoms with Crippen LogP contribution in [0.4, 0.5) is 5.95 Å². The van der Waals surface area contributed by atoms with Gasteiger partial charge < -0.3 is 10.6 Å². The van der Waals surface area contributed by atoms with Gasteiger partial charge in [-0.3, -0.25) is 0 Å². The fraction of sp³-hybridized carbons (Fsp3) is 0.286. The highest BCUT2D eigenvalue weighted by Gasteiger charge is 2.21. The lowest BCUT2D eigenvalue weighted by molar-refractivity contribution is 0.750. The van der Waals surface area contributed by atoms with Crippen LogP contribution in [-0.4, -0.2) is 43.9 Å². The first-order chi connectivity index (χ1) is 10.3. The Morgan fingerprint density at radius 2 is 2.14 bits per heavy atom. The van der Waals surface area contributed by atoms with Gasteiger partial charge in [-0.2, -0.15) is 14.8 Å². The van der Waals surface area contributed by atoms with Crippen molar-refractivity contribution < 1.29 is 0 Å². The highest BCUT2D eigenvalue weighted by molar-refractivity contribution is 5.77. The van der Waals surface area contributed by atoms with Crippen LogP contribution in [-0.2, 0) is 0 Å². The molecule has 0 unspecified atom stereocenters. The largest absolute Gasteiger partial charge is 0.339 e. The van der Waals surface area contributed by atoms with Gasteiger partial charge in [0.25, 0.3) is 0 Å². The topological polar surface area (TPSA) is 85.2 Å². The average molecular weight is 281 g/mol. The molecule has 106 valence electrons. The second kappa shape index (κ2) is 4.78. The number of anilines is 1. The Balaban J connectivity index is 1.75. The van der Waals surface area contributed by atoms with Crippen molar-refractivity contribution in [2.24, 2.45) is 5.73 Å². The summed E-state index contributed by atoms with van der Waals surface area (Å²) in [5.41, 5.74) is 8.69. The van der Waals surface area contributed by atoms with Crippen LogP contribution in [0.15, 0.2) is 36.8 Å². The van der Waals surface area contributed by atoms with Crippen molar-refractivity contribution in [2.75, 3.05) is 18.0 Å². The van der Waals surface area contributed by atoms with E-state index in [2.05, 4.69) is 25.1 Å². The number of hydrogen-bond acceptors (Lipinski definition) is 6. The molecule has 3 aromatic rings. The Morgan fingerprint density at radius 3 is 3.00 bits per heavy atom. The van der Waals surface area contributed by atoms with Crippen molar-refractivity contribution >= 4 is 11.5 Å². The van der Waals surface area contributed by atoms with Crippen LogP contribution < -0.4 is 10.6 Å². The summed E-state index contributed by atoms with van der Waals surface area (Å²) in [6, 6.07) is 5.97. The Morgan fingerprint density at radius 1 is 1.19 bits per heavy atom. The van der Waals surface area contributed by atoms with E-state index in [1.165, 1.54) is 0 Å². The molecular formula is C14H15N7. The third-order valence-corrected chi connectivity index (χ3v) is 3.73. The minimum atomic E-state index is 0.207. The van der Waals surface area contributed by atoms with E-state index in [1.807, 2.05) is 18.2 Å². The molecule has 0 radical (unpaired) electrons. The lowest BCUT2D eigenvalue weighted by Crippen LogP contribution is -2.27. The summed E-state index contributed by atoms with van der Waals surface area (Å²) in [6.07, 6.45) is 6.25.